The lowest BCUT2D eigenvalue weighted by atomic mass is 10.0. The topological polar surface area (TPSA) is 132 Å². The Labute approximate surface area is 260 Å². The number of benzene rings is 3. The van der Waals surface area contributed by atoms with Crippen LogP contribution in [0.4, 0.5) is 14.5 Å². The molecule has 3 amide bonds. The molecule has 2 atom stereocenters. The molecule has 6 rings (SSSR count). The first-order valence-electron chi connectivity index (χ1n) is 13.8. The number of rotatable bonds is 8. The maximum atomic E-state index is 15.5. The molecule has 0 radical (unpaired) electrons. The Morgan fingerprint density at radius 1 is 1.02 bits per heavy atom. The summed E-state index contributed by atoms with van der Waals surface area (Å²) in [6.07, 6.45) is 4.01. The number of anilines is 1. The molecule has 13 heteroatoms. The van der Waals surface area contributed by atoms with Crippen molar-refractivity contribution in [1.29, 1.82) is 0 Å². The molecule has 0 aliphatic carbocycles. The van der Waals surface area contributed by atoms with E-state index in [1.165, 1.54) is 41.6 Å². The van der Waals surface area contributed by atoms with Gasteiger partial charge < -0.3 is 25.3 Å². The van der Waals surface area contributed by atoms with E-state index in [1.54, 1.807) is 48.5 Å². The normalized spacial score (nSPS) is 16.1. The fraction of sp³-hybridized carbons (Fsp3) is 0.156. The monoisotopic (exact) mass is 630 g/mol. The van der Waals surface area contributed by atoms with Crippen molar-refractivity contribution in [2.45, 2.75) is 25.2 Å². The Morgan fingerprint density at radius 2 is 1.78 bits per heavy atom. The van der Waals surface area contributed by atoms with Crippen LogP contribution in [-0.4, -0.2) is 55.9 Å². The fourth-order valence-corrected chi connectivity index (χ4v) is 5.66. The molecule has 10 nitrogen and oxygen atoms in total. The highest BCUT2D eigenvalue weighted by atomic mass is 35.5. The Balaban J connectivity index is 1.23. The first kappa shape index (κ1) is 29.7. The molecule has 228 valence electrons. The van der Waals surface area contributed by atoms with Crippen molar-refractivity contribution in [3.63, 3.8) is 0 Å². The number of aromatic nitrogens is 3. The number of carbonyl (C=O) groups is 3. The first-order valence-corrected chi connectivity index (χ1v) is 14.2. The minimum atomic E-state index is -1.46. The van der Waals surface area contributed by atoms with Gasteiger partial charge in [-0.15, -0.1) is 0 Å². The summed E-state index contributed by atoms with van der Waals surface area (Å²) >= 11 is 6.25. The van der Waals surface area contributed by atoms with Crippen molar-refractivity contribution in [2.24, 2.45) is 5.73 Å². The molecule has 3 N–H and O–H groups in total. The van der Waals surface area contributed by atoms with Crippen molar-refractivity contribution >= 4 is 45.9 Å². The van der Waals surface area contributed by atoms with Gasteiger partial charge in [-0.1, -0.05) is 41.9 Å². The highest BCUT2D eigenvalue weighted by Gasteiger charge is 2.40. The van der Waals surface area contributed by atoms with E-state index in [9.17, 15) is 18.8 Å². The van der Waals surface area contributed by atoms with Crippen molar-refractivity contribution in [3.8, 4) is 22.6 Å². The Bertz CT molecular complexity index is 1940. The molecule has 0 unspecified atom stereocenters. The maximum absolute atomic E-state index is 15.5. The average Bonchev–Trinajstić information content (AvgIpc) is 3.59. The number of ether oxygens (including phenoxy) is 1. The lowest BCUT2D eigenvalue weighted by Crippen LogP contribution is -2.44. The summed E-state index contributed by atoms with van der Waals surface area (Å²) in [5.74, 6) is -1.99. The largest absolute Gasteiger partial charge is 0.454 e. The van der Waals surface area contributed by atoms with E-state index in [2.05, 4.69) is 15.3 Å². The second-order valence-corrected chi connectivity index (χ2v) is 10.8. The van der Waals surface area contributed by atoms with Crippen molar-refractivity contribution in [2.75, 3.05) is 11.9 Å². The molecule has 2 aromatic heterocycles. The van der Waals surface area contributed by atoms with Crippen LogP contribution in [0.2, 0.25) is 5.02 Å². The van der Waals surface area contributed by atoms with Crippen LogP contribution in [0.15, 0.2) is 85.6 Å². The number of halogens is 3. The first-order chi connectivity index (χ1) is 21.7. The van der Waals surface area contributed by atoms with Crippen LogP contribution in [0.5, 0.6) is 11.5 Å². The number of nitrogens with zero attached hydrogens (tertiary/aromatic N) is 4. The Morgan fingerprint density at radius 3 is 2.53 bits per heavy atom. The SMILES string of the molecule is NC(=O)c1cn(CC(=O)N2C[C@H](F)C[C@H]2C(=O)Nc2cccc(-c3ccccc3Cl)c2F)c2ccc(Oc3cncnc3)cc12. The summed E-state index contributed by atoms with van der Waals surface area (Å²) in [5.41, 5.74) is 6.74. The van der Waals surface area contributed by atoms with Gasteiger partial charge in [0.15, 0.2) is 11.6 Å². The lowest BCUT2D eigenvalue weighted by Gasteiger charge is -2.24. The summed E-state index contributed by atoms with van der Waals surface area (Å²) < 4.78 is 37.4. The number of amides is 3. The van der Waals surface area contributed by atoms with Gasteiger partial charge >= 0.3 is 0 Å². The quantitative estimate of drug-likeness (QED) is 0.237. The van der Waals surface area contributed by atoms with Gasteiger partial charge in [0.2, 0.25) is 11.8 Å². The third kappa shape index (κ3) is 6.04. The average molecular weight is 631 g/mol. The number of alkyl halides is 1. The molecule has 1 saturated heterocycles. The third-order valence-corrected chi connectivity index (χ3v) is 7.82. The van der Waals surface area contributed by atoms with Gasteiger partial charge in [-0.25, -0.2) is 18.7 Å². The zero-order chi connectivity index (χ0) is 31.7. The van der Waals surface area contributed by atoms with Crippen molar-refractivity contribution in [3.05, 3.63) is 102 Å². The van der Waals surface area contributed by atoms with Crippen LogP contribution >= 0.6 is 11.6 Å². The Kier molecular flexibility index (Phi) is 8.14. The summed E-state index contributed by atoms with van der Waals surface area (Å²) in [6.45, 7) is -0.637. The molecule has 1 fully saturated rings. The number of carbonyl (C=O) groups excluding carboxylic acids is 3. The molecule has 5 aromatic rings. The van der Waals surface area contributed by atoms with Gasteiger partial charge in [-0.2, -0.15) is 0 Å². The van der Waals surface area contributed by atoms with E-state index >= 15 is 4.39 Å². The zero-order valence-electron chi connectivity index (χ0n) is 23.5. The summed E-state index contributed by atoms with van der Waals surface area (Å²) in [4.78, 5) is 48.0. The molecule has 1 aliphatic heterocycles. The third-order valence-electron chi connectivity index (χ3n) is 7.49. The van der Waals surface area contributed by atoms with Gasteiger partial charge in [-0.05, 0) is 30.3 Å². The predicted molar refractivity (Wildman–Crippen MR) is 163 cm³/mol. The van der Waals surface area contributed by atoms with Gasteiger partial charge in [0.05, 0.1) is 30.2 Å². The standard InChI is InChI=1S/C32H25ClF2N6O4/c33-25-6-2-1-4-21(25)22-5-3-7-26(30(22)35)39-32(44)28-10-18(34)14-41(28)29(42)16-40-15-24(31(36)43)23-11-19(8-9-27(23)40)45-20-12-37-17-38-13-20/h1-9,11-13,15,17-18,28H,10,14,16H2,(H2,36,43)(H,39,44)/t18-,28+/m1/s1. The van der Waals surface area contributed by atoms with E-state index in [0.29, 0.717) is 33.0 Å². The van der Waals surface area contributed by atoms with E-state index in [-0.39, 0.29) is 36.3 Å². The number of nitrogens with one attached hydrogen (secondary N) is 1. The molecule has 45 heavy (non-hydrogen) atoms. The van der Waals surface area contributed by atoms with Gasteiger partial charge in [0, 0.05) is 39.7 Å². The minimum Gasteiger partial charge on any atom is -0.454 e. The second kappa shape index (κ2) is 12.3. The van der Waals surface area contributed by atoms with Crippen LogP contribution in [0.25, 0.3) is 22.0 Å². The molecule has 1 aliphatic rings. The zero-order valence-corrected chi connectivity index (χ0v) is 24.2. The van der Waals surface area contributed by atoms with E-state index in [1.807, 2.05) is 0 Å². The van der Waals surface area contributed by atoms with E-state index < -0.39 is 35.8 Å². The summed E-state index contributed by atoms with van der Waals surface area (Å²) in [5, 5.41) is 3.28. The number of fused-ring (bicyclic) bond motifs is 1. The number of nitrogens with two attached hydrogens (primary N) is 1. The molecule has 0 bridgehead atoms. The summed E-state index contributed by atoms with van der Waals surface area (Å²) in [6, 6.07) is 14.9. The second-order valence-electron chi connectivity index (χ2n) is 10.4. The van der Waals surface area contributed by atoms with Crippen LogP contribution in [0, 0.1) is 5.82 Å². The molecule has 0 saturated carbocycles. The highest BCUT2D eigenvalue weighted by molar-refractivity contribution is 6.33. The minimum absolute atomic E-state index is 0.130. The lowest BCUT2D eigenvalue weighted by molar-refractivity contribution is -0.137. The number of hydrogen-bond donors (Lipinski definition) is 2. The van der Waals surface area contributed by atoms with Crippen molar-refractivity contribution < 1.29 is 27.9 Å². The predicted octanol–water partition coefficient (Wildman–Crippen LogP) is 5.36. The van der Waals surface area contributed by atoms with E-state index in [0.717, 1.165) is 4.90 Å². The smallest absolute Gasteiger partial charge is 0.250 e. The number of primary amides is 1. The van der Waals surface area contributed by atoms with E-state index in [4.69, 9.17) is 22.1 Å². The number of likely N-dealkylation sites (tertiary alicyclic amines) is 1. The fourth-order valence-electron chi connectivity index (χ4n) is 5.42. The van der Waals surface area contributed by atoms with Gasteiger partial charge in [0.1, 0.15) is 30.8 Å². The van der Waals surface area contributed by atoms with Crippen LogP contribution in [0.1, 0.15) is 16.8 Å². The van der Waals surface area contributed by atoms with Crippen molar-refractivity contribution in [1.82, 2.24) is 19.4 Å². The van der Waals surface area contributed by atoms with Crippen LogP contribution in [0.3, 0.4) is 0 Å². The maximum Gasteiger partial charge on any atom is 0.250 e. The highest BCUT2D eigenvalue weighted by Crippen LogP contribution is 2.34. The molecule has 3 heterocycles. The molecule has 0 spiro atoms. The Hall–Kier alpha value is -5.36. The van der Waals surface area contributed by atoms with Gasteiger partial charge in [0.25, 0.3) is 5.91 Å². The summed E-state index contributed by atoms with van der Waals surface area (Å²) in [7, 11) is 0. The molecular weight excluding hydrogens is 606 g/mol. The van der Waals surface area contributed by atoms with Gasteiger partial charge in [-0.3, -0.25) is 14.4 Å². The number of hydrogen-bond acceptors (Lipinski definition) is 6. The molecule has 3 aromatic carbocycles. The van der Waals surface area contributed by atoms with Crippen LogP contribution < -0.4 is 15.8 Å². The molecular formula is C32H25ClF2N6O4. The van der Waals surface area contributed by atoms with Crippen LogP contribution in [-0.2, 0) is 16.1 Å².